The molecule has 29 heavy (non-hydrogen) atoms. The molecule has 0 spiro atoms. The maximum atomic E-state index is 13.5. The molecule has 0 fully saturated rings. The largest absolute Gasteiger partial charge is 0.467 e. The molecule has 0 radical (unpaired) electrons. The van der Waals surface area contributed by atoms with E-state index in [1.807, 2.05) is 49.6 Å². The molecule has 6 nitrogen and oxygen atoms in total. The number of hydrazone groups is 1. The third-order valence-electron chi connectivity index (χ3n) is 5.01. The summed E-state index contributed by atoms with van der Waals surface area (Å²) in [5.74, 6) is 0.481. The van der Waals surface area contributed by atoms with Crippen LogP contribution in [0.4, 0.5) is 5.69 Å². The van der Waals surface area contributed by atoms with E-state index < -0.39 is 0 Å². The molecule has 4 aromatic rings. The molecule has 5 rings (SSSR count). The van der Waals surface area contributed by atoms with Gasteiger partial charge in [-0.2, -0.15) is 5.10 Å². The second-order valence-corrected chi connectivity index (χ2v) is 8.96. The Morgan fingerprint density at radius 2 is 2.17 bits per heavy atom. The van der Waals surface area contributed by atoms with E-state index in [9.17, 15) is 4.79 Å². The minimum absolute atomic E-state index is 0.226. The first-order valence-corrected chi connectivity index (χ1v) is 10.9. The zero-order valence-corrected chi connectivity index (χ0v) is 17.5. The van der Waals surface area contributed by atoms with Crippen molar-refractivity contribution in [3.8, 4) is 0 Å². The van der Waals surface area contributed by atoms with Gasteiger partial charge in [0.1, 0.15) is 21.5 Å². The minimum Gasteiger partial charge on any atom is -0.467 e. The van der Waals surface area contributed by atoms with Gasteiger partial charge in [0, 0.05) is 17.5 Å². The van der Waals surface area contributed by atoms with Gasteiger partial charge in [0.05, 0.1) is 22.5 Å². The molecule has 1 aliphatic heterocycles. The van der Waals surface area contributed by atoms with Crippen LogP contribution in [0.1, 0.15) is 44.0 Å². The lowest BCUT2D eigenvalue weighted by atomic mass is 10.1. The van der Waals surface area contributed by atoms with Crippen LogP contribution in [-0.4, -0.2) is 21.6 Å². The maximum absolute atomic E-state index is 13.5. The smallest absolute Gasteiger partial charge is 0.286 e. The van der Waals surface area contributed by atoms with Crippen molar-refractivity contribution in [2.45, 2.75) is 26.3 Å². The number of hydrogen-bond acceptors (Lipinski definition) is 7. The number of nitrogens with two attached hydrogens (primary N) is 1. The first-order valence-electron chi connectivity index (χ1n) is 9.17. The lowest BCUT2D eigenvalue weighted by molar-refractivity contribution is 0.0699. The van der Waals surface area contributed by atoms with E-state index in [2.05, 4.69) is 10.1 Å². The van der Waals surface area contributed by atoms with Crippen LogP contribution in [0, 0.1) is 13.8 Å². The van der Waals surface area contributed by atoms with Gasteiger partial charge < -0.3 is 10.2 Å². The average Bonchev–Trinajstić information content (AvgIpc) is 3.46. The van der Waals surface area contributed by atoms with E-state index in [0.717, 1.165) is 32.1 Å². The molecular weight excluding hydrogens is 404 g/mol. The number of amides is 1. The van der Waals surface area contributed by atoms with Crippen LogP contribution in [-0.2, 0) is 0 Å². The highest BCUT2D eigenvalue weighted by Crippen LogP contribution is 2.40. The van der Waals surface area contributed by atoms with Crippen molar-refractivity contribution in [3.05, 3.63) is 68.7 Å². The highest BCUT2D eigenvalue weighted by Gasteiger charge is 2.37. The Morgan fingerprint density at radius 1 is 1.31 bits per heavy atom. The van der Waals surface area contributed by atoms with E-state index in [0.29, 0.717) is 22.7 Å². The summed E-state index contributed by atoms with van der Waals surface area (Å²) < 4.78 is 5.62. The number of nitrogen functional groups attached to an aromatic ring is 1. The average molecular weight is 423 g/mol. The van der Waals surface area contributed by atoms with E-state index in [4.69, 9.17) is 10.2 Å². The molecule has 0 saturated carbocycles. The molecule has 0 bridgehead atoms. The molecule has 5 heterocycles. The summed E-state index contributed by atoms with van der Waals surface area (Å²) in [7, 11) is 0. The fourth-order valence-electron chi connectivity index (χ4n) is 3.72. The number of pyridine rings is 1. The lowest BCUT2D eigenvalue weighted by Gasteiger charge is -2.19. The summed E-state index contributed by atoms with van der Waals surface area (Å²) in [4.78, 5) is 20.4. The van der Waals surface area contributed by atoms with Gasteiger partial charge in [-0.1, -0.05) is 6.07 Å². The van der Waals surface area contributed by atoms with Crippen LogP contribution >= 0.6 is 22.7 Å². The number of carbonyl (C=O) groups is 1. The molecule has 8 heteroatoms. The van der Waals surface area contributed by atoms with Crippen LogP contribution < -0.4 is 5.73 Å². The molecule has 146 valence electrons. The maximum Gasteiger partial charge on any atom is 0.286 e. The first kappa shape index (κ1) is 18.1. The predicted molar refractivity (Wildman–Crippen MR) is 117 cm³/mol. The summed E-state index contributed by atoms with van der Waals surface area (Å²) in [6, 6.07) is 9.38. The second-order valence-electron chi connectivity index (χ2n) is 7.01. The van der Waals surface area contributed by atoms with Gasteiger partial charge in [0.25, 0.3) is 5.91 Å². The number of aryl methyl sites for hydroxylation is 2. The molecule has 1 atom stereocenters. The molecule has 0 unspecified atom stereocenters. The Balaban J connectivity index is 1.60. The number of nitrogens with zero attached hydrogens (tertiary/aromatic N) is 3. The second kappa shape index (κ2) is 6.82. The number of carbonyl (C=O) groups excluding carboxylic acids is 1. The van der Waals surface area contributed by atoms with Crippen molar-refractivity contribution in [1.29, 1.82) is 0 Å². The Bertz CT molecular complexity index is 1240. The van der Waals surface area contributed by atoms with Crippen molar-refractivity contribution < 1.29 is 9.21 Å². The van der Waals surface area contributed by atoms with E-state index >= 15 is 0 Å². The summed E-state index contributed by atoms with van der Waals surface area (Å²) >= 11 is 2.93. The van der Waals surface area contributed by atoms with Gasteiger partial charge in [-0.25, -0.2) is 9.99 Å². The number of furan rings is 1. The molecule has 2 N–H and O–H groups in total. The summed E-state index contributed by atoms with van der Waals surface area (Å²) in [6.45, 7) is 3.93. The van der Waals surface area contributed by atoms with Crippen LogP contribution in [0.25, 0.3) is 10.2 Å². The third kappa shape index (κ3) is 2.95. The Morgan fingerprint density at radius 3 is 2.90 bits per heavy atom. The quantitative estimate of drug-likeness (QED) is 0.495. The van der Waals surface area contributed by atoms with Crippen molar-refractivity contribution in [2.24, 2.45) is 5.10 Å². The minimum atomic E-state index is -0.296. The van der Waals surface area contributed by atoms with Crippen LogP contribution in [0.2, 0.25) is 0 Å². The molecular formula is C21H18N4O2S2. The number of thiophene rings is 2. The number of rotatable bonds is 3. The van der Waals surface area contributed by atoms with Gasteiger partial charge in [-0.15, -0.1) is 22.7 Å². The molecule has 4 aromatic heterocycles. The predicted octanol–water partition coefficient (Wildman–Crippen LogP) is 5.14. The zero-order chi connectivity index (χ0) is 20.1. The molecule has 1 aliphatic rings. The summed E-state index contributed by atoms with van der Waals surface area (Å²) in [5, 5.41) is 9.04. The highest BCUT2D eigenvalue weighted by molar-refractivity contribution is 7.21. The Kier molecular flexibility index (Phi) is 4.25. The number of aromatic nitrogens is 1. The first-order chi connectivity index (χ1) is 14.0. The highest BCUT2D eigenvalue weighted by atomic mass is 32.1. The third-order valence-corrected chi connectivity index (χ3v) is 7.02. The normalized spacial score (nSPS) is 16.6. The van der Waals surface area contributed by atoms with Crippen LogP contribution in [0.3, 0.4) is 0 Å². The summed E-state index contributed by atoms with van der Waals surface area (Å²) in [5.41, 5.74) is 9.68. The van der Waals surface area contributed by atoms with Crippen molar-refractivity contribution >= 4 is 50.2 Å². The van der Waals surface area contributed by atoms with Gasteiger partial charge in [0.15, 0.2) is 0 Å². The SMILES string of the molecule is Cc1cc(C)c2c(N)c(C(=O)N3N=C(c4cccs4)C[C@H]3c3ccco3)sc2n1. The van der Waals surface area contributed by atoms with Crippen LogP contribution in [0.5, 0.6) is 0 Å². The van der Waals surface area contributed by atoms with E-state index in [1.54, 1.807) is 17.6 Å². The molecule has 0 aliphatic carbocycles. The van der Waals surface area contributed by atoms with E-state index in [1.165, 1.54) is 16.3 Å². The molecule has 0 aromatic carbocycles. The van der Waals surface area contributed by atoms with Crippen molar-refractivity contribution in [2.75, 3.05) is 5.73 Å². The standard InChI is InChI=1S/C21H18N4O2S2/c1-11-9-12(2)23-20-17(11)18(22)19(29-20)21(26)25-14(15-5-3-7-27-15)10-13(24-25)16-6-4-8-28-16/h3-9,14H,10,22H2,1-2H3/t14-/m0/s1. The summed E-state index contributed by atoms with van der Waals surface area (Å²) in [6.07, 6.45) is 2.21. The topological polar surface area (TPSA) is 84.7 Å². The number of anilines is 1. The molecule has 1 amide bonds. The Labute approximate surface area is 175 Å². The fourth-order valence-corrected chi connectivity index (χ4v) is 5.59. The van der Waals surface area contributed by atoms with Gasteiger partial charge in [0.2, 0.25) is 0 Å². The van der Waals surface area contributed by atoms with E-state index in [-0.39, 0.29) is 11.9 Å². The fraction of sp³-hybridized carbons (Fsp3) is 0.190. The zero-order valence-electron chi connectivity index (χ0n) is 15.9. The number of fused-ring (bicyclic) bond motifs is 1. The van der Waals surface area contributed by atoms with Gasteiger partial charge >= 0.3 is 0 Å². The molecule has 0 saturated heterocycles. The number of hydrogen-bond donors (Lipinski definition) is 1. The van der Waals surface area contributed by atoms with Gasteiger partial charge in [-0.05, 0) is 49.1 Å². The monoisotopic (exact) mass is 422 g/mol. The Hall–Kier alpha value is -2.97. The van der Waals surface area contributed by atoms with Crippen molar-refractivity contribution in [3.63, 3.8) is 0 Å². The van der Waals surface area contributed by atoms with Crippen molar-refractivity contribution in [1.82, 2.24) is 9.99 Å². The lowest BCUT2D eigenvalue weighted by Crippen LogP contribution is -2.26. The van der Waals surface area contributed by atoms with Gasteiger partial charge in [-0.3, -0.25) is 4.79 Å². The van der Waals surface area contributed by atoms with Crippen LogP contribution in [0.15, 0.2) is 51.5 Å².